The van der Waals surface area contributed by atoms with Gasteiger partial charge in [0.15, 0.2) is 8.07 Å². The number of fused-ring (bicyclic) bond motifs is 7. The molecular formula is C31H22SSi. The number of thiophene rings is 1. The standard InChI is InChI=1S/C31H22SSi/c1-21-16-19-29-27(20-21)26-18-17-25-24-14-8-9-15-28(24)32-30(25)31(26)33(29,22-10-4-2-5-11-22)23-12-6-3-7-13-23/h2-20H,1H3. The molecule has 1 aliphatic rings. The lowest BCUT2D eigenvalue weighted by Gasteiger charge is -2.31. The zero-order valence-corrected chi connectivity index (χ0v) is 20.2. The molecule has 0 N–H and O–H groups in total. The average Bonchev–Trinajstić information content (AvgIpc) is 3.39. The molecule has 0 spiro atoms. The Balaban J connectivity index is 1.75. The first-order valence-corrected chi connectivity index (χ1v) is 14.3. The van der Waals surface area contributed by atoms with Crippen LogP contribution in [-0.2, 0) is 0 Å². The van der Waals surface area contributed by atoms with Crippen molar-refractivity contribution in [3.63, 3.8) is 0 Å². The maximum Gasteiger partial charge on any atom is 0.182 e. The Bertz CT molecular complexity index is 1620. The molecule has 33 heavy (non-hydrogen) atoms. The van der Waals surface area contributed by atoms with Crippen LogP contribution in [0.2, 0.25) is 0 Å². The summed E-state index contributed by atoms with van der Waals surface area (Å²) in [5, 5.41) is 8.78. The van der Waals surface area contributed by atoms with Crippen molar-refractivity contribution in [1.82, 2.24) is 0 Å². The fourth-order valence-electron chi connectivity index (χ4n) is 5.87. The third-order valence-electron chi connectivity index (χ3n) is 7.20. The molecule has 0 nitrogen and oxygen atoms in total. The van der Waals surface area contributed by atoms with Gasteiger partial charge < -0.3 is 0 Å². The molecule has 0 atom stereocenters. The number of benzene rings is 5. The molecule has 0 saturated heterocycles. The number of aryl methyl sites for hydroxylation is 1. The number of hydrogen-bond donors (Lipinski definition) is 0. The van der Waals surface area contributed by atoms with Crippen LogP contribution < -0.4 is 20.7 Å². The molecule has 6 aromatic rings. The van der Waals surface area contributed by atoms with E-state index in [1.165, 1.54) is 52.4 Å². The second-order valence-electron chi connectivity index (χ2n) is 8.99. The summed E-state index contributed by atoms with van der Waals surface area (Å²) >= 11 is 1.97. The second-order valence-corrected chi connectivity index (χ2v) is 13.7. The first-order valence-electron chi connectivity index (χ1n) is 11.5. The minimum absolute atomic E-state index is 1.32. The molecule has 1 aromatic heterocycles. The zero-order chi connectivity index (χ0) is 22.0. The van der Waals surface area contributed by atoms with Gasteiger partial charge >= 0.3 is 0 Å². The van der Waals surface area contributed by atoms with E-state index in [1.54, 1.807) is 5.19 Å². The lowest BCUT2D eigenvalue weighted by atomic mass is 10.0. The maximum atomic E-state index is 2.43. The molecule has 2 heteroatoms. The topological polar surface area (TPSA) is 0 Å². The molecule has 5 aromatic carbocycles. The van der Waals surface area contributed by atoms with Gasteiger partial charge in [0, 0.05) is 20.2 Å². The van der Waals surface area contributed by atoms with Crippen molar-refractivity contribution in [3.8, 4) is 11.1 Å². The van der Waals surface area contributed by atoms with Crippen LogP contribution in [-0.4, -0.2) is 8.07 Å². The second kappa shape index (κ2) is 7.02. The first kappa shape index (κ1) is 19.0. The zero-order valence-electron chi connectivity index (χ0n) is 18.4. The van der Waals surface area contributed by atoms with Gasteiger partial charge in [-0.15, -0.1) is 11.3 Å². The Labute approximate surface area is 198 Å². The largest absolute Gasteiger partial charge is 0.182 e. The van der Waals surface area contributed by atoms with E-state index in [-0.39, 0.29) is 0 Å². The van der Waals surface area contributed by atoms with Crippen molar-refractivity contribution in [1.29, 1.82) is 0 Å². The lowest BCUT2D eigenvalue weighted by Crippen LogP contribution is -2.72. The van der Waals surface area contributed by atoms with Crippen molar-refractivity contribution in [3.05, 3.63) is 121 Å². The van der Waals surface area contributed by atoms with E-state index >= 15 is 0 Å². The first-order chi connectivity index (χ1) is 16.3. The van der Waals surface area contributed by atoms with Gasteiger partial charge in [0.1, 0.15) is 0 Å². The van der Waals surface area contributed by atoms with Crippen LogP contribution in [0.4, 0.5) is 0 Å². The molecular weight excluding hydrogens is 432 g/mol. The summed E-state index contributed by atoms with van der Waals surface area (Å²) < 4.78 is 2.83. The van der Waals surface area contributed by atoms with Gasteiger partial charge in [0.25, 0.3) is 0 Å². The monoisotopic (exact) mass is 454 g/mol. The van der Waals surface area contributed by atoms with E-state index in [1.807, 2.05) is 11.3 Å². The van der Waals surface area contributed by atoms with Gasteiger partial charge in [-0.3, -0.25) is 0 Å². The molecule has 0 amide bonds. The molecule has 0 bridgehead atoms. The van der Waals surface area contributed by atoms with Crippen LogP contribution in [0.15, 0.2) is 115 Å². The number of rotatable bonds is 2. The highest BCUT2D eigenvalue weighted by Gasteiger charge is 2.50. The summed E-state index contributed by atoms with van der Waals surface area (Å²) in [7, 11) is -2.47. The molecule has 1 aliphatic heterocycles. The SMILES string of the molecule is Cc1ccc2c(c1)-c1ccc3c(sc4ccccc43)c1[Si]2(c1ccccc1)c1ccccc1. The van der Waals surface area contributed by atoms with Crippen LogP contribution in [0.3, 0.4) is 0 Å². The molecule has 0 saturated carbocycles. The van der Waals surface area contributed by atoms with E-state index in [0.717, 1.165) is 0 Å². The van der Waals surface area contributed by atoms with E-state index < -0.39 is 8.07 Å². The average molecular weight is 455 g/mol. The highest BCUT2D eigenvalue weighted by molar-refractivity contribution is 7.31. The molecule has 2 heterocycles. The minimum atomic E-state index is -2.47. The van der Waals surface area contributed by atoms with Crippen molar-refractivity contribution in [2.45, 2.75) is 6.92 Å². The molecule has 156 valence electrons. The van der Waals surface area contributed by atoms with Crippen molar-refractivity contribution < 1.29 is 0 Å². The molecule has 7 rings (SSSR count). The summed E-state index contributed by atoms with van der Waals surface area (Å²) in [5.41, 5.74) is 4.16. The van der Waals surface area contributed by atoms with Crippen molar-refractivity contribution in [2.75, 3.05) is 0 Å². The minimum Gasteiger partial charge on any atom is -0.135 e. The Morgan fingerprint density at radius 3 is 1.97 bits per heavy atom. The normalized spacial score (nSPS) is 13.8. The molecule has 0 aliphatic carbocycles. The van der Waals surface area contributed by atoms with Crippen LogP contribution in [0, 0.1) is 6.92 Å². The van der Waals surface area contributed by atoms with E-state index in [9.17, 15) is 0 Å². The van der Waals surface area contributed by atoms with Crippen molar-refractivity contribution >= 4 is 60.3 Å². The van der Waals surface area contributed by atoms with E-state index in [2.05, 4.69) is 122 Å². The summed E-state index contributed by atoms with van der Waals surface area (Å²) in [5.74, 6) is 0. The third kappa shape index (κ3) is 2.51. The fourth-order valence-corrected chi connectivity index (χ4v) is 12.9. The number of hydrogen-bond acceptors (Lipinski definition) is 1. The van der Waals surface area contributed by atoms with Gasteiger partial charge in [-0.1, -0.05) is 115 Å². The molecule has 0 fully saturated rings. The summed E-state index contributed by atoms with van der Waals surface area (Å²) in [6.07, 6.45) is 0. The van der Waals surface area contributed by atoms with Crippen LogP contribution in [0.5, 0.6) is 0 Å². The van der Waals surface area contributed by atoms with Gasteiger partial charge in [-0.25, -0.2) is 0 Å². The summed E-state index contributed by atoms with van der Waals surface area (Å²) in [4.78, 5) is 0. The molecule has 0 radical (unpaired) electrons. The van der Waals surface area contributed by atoms with E-state index in [0.29, 0.717) is 0 Å². The van der Waals surface area contributed by atoms with Gasteiger partial charge in [-0.05, 0) is 44.9 Å². The highest BCUT2D eigenvalue weighted by atomic mass is 32.1. The van der Waals surface area contributed by atoms with Gasteiger partial charge in [0.2, 0.25) is 0 Å². The van der Waals surface area contributed by atoms with Crippen molar-refractivity contribution in [2.24, 2.45) is 0 Å². The Kier molecular flexibility index (Phi) is 4.05. The predicted molar refractivity (Wildman–Crippen MR) is 147 cm³/mol. The Hall–Kier alpha value is -3.46. The summed E-state index contributed by atoms with van der Waals surface area (Å²) in [6, 6.07) is 43.4. The lowest BCUT2D eigenvalue weighted by molar-refractivity contribution is 1.49. The fraction of sp³-hybridized carbons (Fsp3) is 0.0323. The smallest absolute Gasteiger partial charge is 0.135 e. The Morgan fingerprint density at radius 1 is 0.576 bits per heavy atom. The van der Waals surface area contributed by atoms with Gasteiger partial charge in [-0.2, -0.15) is 0 Å². The highest BCUT2D eigenvalue weighted by Crippen LogP contribution is 2.39. The predicted octanol–water partition coefficient (Wildman–Crippen LogP) is 5.72. The molecule has 0 unspecified atom stereocenters. The van der Waals surface area contributed by atoms with E-state index in [4.69, 9.17) is 0 Å². The van der Waals surface area contributed by atoms with Crippen LogP contribution >= 0.6 is 11.3 Å². The quantitative estimate of drug-likeness (QED) is 0.293. The summed E-state index contributed by atoms with van der Waals surface area (Å²) in [6.45, 7) is 2.21. The van der Waals surface area contributed by atoms with Crippen LogP contribution in [0.25, 0.3) is 31.3 Å². The third-order valence-corrected chi connectivity index (χ3v) is 13.5. The maximum absolute atomic E-state index is 2.47. The van der Waals surface area contributed by atoms with Gasteiger partial charge in [0.05, 0.1) is 0 Å². The van der Waals surface area contributed by atoms with Crippen LogP contribution in [0.1, 0.15) is 5.56 Å². The Morgan fingerprint density at radius 2 is 1.24 bits per heavy atom.